The molecule has 1 N–H and O–H groups in total. The zero-order valence-electron chi connectivity index (χ0n) is 24.1. The van der Waals surface area contributed by atoms with Gasteiger partial charge < -0.3 is 10.2 Å². The third-order valence-corrected chi connectivity index (χ3v) is 7.24. The monoisotopic (exact) mass is 587 g/mol. The lowest BCUT2D eigenvalue weighted by atomic mass is 10.0. The molecular weight excluding hydrogens is 555 g/mol. The van der Waals surface area contributed by atoms with Crippen LogP contribution in [0, 0.1) is 0 Å². The van der Waals surface area contributed by atoms with Crippen LogP contribution in [0.3, 0.4) is 0 Å². The van der Waals surface area contributed by atoms with Gasteiger partial charge in [0.2, 0.25) is 5.91 Å². The van der Waals surface area contributed by atoms with E-state index in [1.54, 1.807) is 11.7 Å². The average molecular weight is 588 g/mol. The molecule has 0 saturated carbocycles. The molecule has 0 spiro atoms. The molecule has 0 aliphatic rings. The van der Waals surface area contributed by atoms with E-state index in [1.807, 2.05) is 72.5 Å². The van der Waals surface area contributed by atoms with Crippen LogP contribution in [0.25, 0.3) is 33.8 Å². The van der Waals surface area contributed by atoms with Crippen LogP contribution < -0.4 is 5.32 Å². The van der Waals surface area contributed by atoms with Crippen LogP contribution in [0.5, 0.6) is 0 Å². The van der Waals surface area contributed by atoms with Gasteiger partial charge in [0, 0.05) is 32.0 Å². The fourth-order valence-electron chi connectivity index (χ4n) is 4.64. The van der Waals surface area contributed by atoms with Gasteiger partial charge in [0.1, 0.15) is 0 Å². The van der Waals surface area contributed by atoms with Crippen molar-refractivity contribution in [3.05, 3.63) is 102 Å². The Labute approximate surface area is 247 Å². The molecule has 0 atom stereocenters. The van der Waals surface area contributed by atoms with Gasteiger partial charge in [-0.1, -0.05) is 48.5 Å². The van der Waals surface area contributed by atoms with Crippen LogP contribution in [0.15, 0.2) is 85.1 Å². The molecule has 0 bridgehead atoms. The van der Waals surface area contributed by atoms with Gasteiger partial charge in [-0.25, -0.2) is 9.36 Å². The summed E-state index contributed by atoms with van der Waals surface area (Å²) in [4.78, 5) is 14.0. The van der Waals surface area contributed by atoms with Crippen molar-refractivity contribution >= 4 is 5.91 Å². The van der Waals surface area contributed by atoms with E-state index in [0.29, 0.717) is 24.9 Å². The highest BCUT2D eigenvalue weighted by Crippen LogP contribution is 2.32. The SMILES string of the molecule is CCN(C)Cc1cn(-c2ccc(-n3nc(CCC(=O)NC)cc3-c3ccc(-c4ccc(C(F)(F)F)cc4)cc3)cc2)nn1. The van der Waals surface area contributed by atoms with Gasteiger partial charge in [0.25, 0.3) is 0 Å². The van der Waals surface area contributed by atoms with Crippen LogP contribution in [0.1, 0.15) is 30.3 Å². The quantitative estimate of drug-likeness (QED) is 0.219. The number of carbonyl (C=O) groups is 1. The summed E-state index contributed by atoms with van der Waals surface area (Å²) in [5.74, 6) is -0.0707. The van der Waals surface area contributed by atoms with Gasteiger partial charge >= 0.3 is 6.18 Å². The summed E-state index contributed by atoms with van der Waals surface area (Å²) in [6.45, 7) is 3.71. The van der Waals surface area contributed by atoms with Crippen LogP contribution >= 0.6 is 0 Å². The Bertz CT molecular complexity index is 1670. The van der Waals surface area contributed by atoms with Crippen molar-refractivity contribution in [3.8, 4) is 33.8 Å². The fraction of sp³-hybridized carbons (Fsp3) is 0.250. The summed E-state index contributed by atoms with van der Waals surface area (Å²) in [5, 5.41) is 16.0. The molecule has 222 valence electrons. The number of alkyl halides is 3. The molecular formula is C32H32F3N7O. The van der Waals surface area contributed by atoms with Crippen LogP contribution in [0.2, 0.25) is 0 Å². The smallest absolute Gasteiger partial charge is 0.359 e. The maximum Gasteiger partial charge on any atom is 0.416 e. The number of amides is 1. The molecule has 11 heteroatoms. The van der Waals surface area contributed by atoms with E-state index < -0.39 is 11.7 Å². The Kier molecular flexibility index (Phi) is 8.72. The lowest BCUT2D eigenvalue weighted by Gasteiger charge is -2.11. The highest BCUT2D eigenvalue weighted by atomic mass is 19.4. The highest BCUT2D eigenvalue weighted by molar-refractivity contribution is 5.76. The lowest BCUT2D eigenvalue weighted by Crippen LogP contribution is -2.18. The average Bonchev–Trinajstić information content (AvgIpc) is 3.67. The van der Waals surface area contributed by atoms with Crippen molar-refractivity contribution in [2.75, 3.05) is 20.6 Å². The van der Waals surface area contributed by atoms with Gasteiger partial charge in [-0.15, -0.1) is 5.10 Å². The summed E-state index contributed by atoms with van der Waals surface area (Å²) in [7, 11) is 3.63. The van der Waals surface area contributed by atoms with E-state index in [-0.39, 0.29) is 5.91 Å². The van der Waals surface area contributed by atoms with Crippen LogP contribution in [-0.4, -0.2) is 56.2 Å². The molecule has 8 nitrogen and oxygen atoms in total. The zero-order valence-corrected chi connectivity index (χ0v) is 24.1. The van der Waals surface area contributed by atoms with Gasteiger partial charge in [0.05, 0.1) is 40.2 Å². The molecule has 0 radical (unpaired) electrons. The summed E-state index contributed by atoms with van der Waals surface area (Å²) >= 11 is 0. The second-order valence-electron chi connectivity index (χ2n) is 10.3. The van der Waals surface area contributed by atoms with Crippen molar-refractivity contribution in [3.63, 3.8) is 0 Å². The Morgan fingerprint density at radius 1 is 0.884 bits per heavy atom. The first kappa shape index (κ1) is 29.7. The number of benzene rings is 3. The molecule has 0 aliphatic carbocycles. The molecule has 0 unspecified atom stereocenters. The largest absolute Gasteiger partial charge is 0.416 e. The number of hydrogen-bond acceptors (Lipinski definition) is 5. The standard InChI is InChI=1S/C32H32F3N7O/c1-4-40(3)20-27-21-41(39-37-27)28-14-16-29(17-15-28)42-30(19-26(38-42)13-18-31(43)36-2)24-7-5-22(6-8-24)23-9-11-25(12-10-23)32(33,34)35/h5-12,14-17,19,21H,4,13,18,20H2,1-3H3,(H,36,43). The van der Waals surface area contributed by atoms with Gasteiger partial charge in [-0.2, -0.15) is 18.3 Å². The van der Waals surface area contributed by atoms with E-state index in [2.05, 4.69) is 27.5 Å². The van der Waals surface area contributed by atoms with Crippen molar-refractivity contribution in [1.29, 1.82) is 0 Å². The van der Waals surface area contributed by atoms with Crippen LogP contribution in [0.4, 0.5) is 13.2 Å². The lowest BCUT2D eigenvalue weighted by molar-refractivity contribution is -0.137. The number of hydrogen-bond donors (Lipinski definition) is 1. The third-order valence-electron chi connectivity index (χ3n) is 7.24. The number of aryl methyl sites for hydroxylation is 1. The van der Waals surface area contributed by atoms with Crippen LogP contribution in [-0.2, 0) is 23.9 Å². The van der Waals surface area contributed by atoms with E-state index in [0.717, 1.165) is 58.3 Å². The maximum atomic E-state index is 13.0. The van der Waals surface area contributed by atoms with Gasteiger partial charge in [-0.3, -0.25) is 4.79 Å². The Morgan fingerprint density at radius 3 is 2.09 bits per heavy atom. The minimum Gasteiger partial charge on any atom is -0.359 e. The molecule has 43 heavy (non-hydrogen) atoms. The second kappa shape index (κ2) is 12.6. The highest BCUT2D eigenvalue weighted by Gasteiger charge is 2.30. The number of aromatic nitrogens is 5. The molecule has 1 amide bonds. The van der Waals surface area contributed by atoms with Gasteiger partial charge in [-0.05, 0) is 67.2 Å². The first-order valence-corrected chi connectivity index (χ1v) is 13.9. The summed E-state index contributed by atoms with van der Waals surface area (Å²) < 4.78 is 42.5. The normalized spacial score (nSPS) is 11.7. The molecule has 0 aliphatic heterocycles. The second-order valence-corrected chi connectivity index (χ2v) is 10.3. The Hall–Kier alpha value is -4.77. The predicted molar refractivity (Wildman–Crippen MR) is 159 cm³/mol. The Morgan fingerprint density at radius 2 is 1.49 bits per heavy atom. The zero-order chi connectivity index (χ0) is 30.6. The molecule has 2 aromatic heterocycles. The van der Waals surface area contributed by atoms with Crippen molar-refractivity contribution in [2.45, 2.75) is 32.5 Å². The number of nitrogens with zero attached hydrogens (tertiary/aromatic N) is 6. The van der Waals surface area contributed by atoms with E-state index in [4.69, 9.17) is 5.10 Å². The first-order chi connectivity index (χ1) is 20.6. The number of rotatable bonds is 10. The molecule has 5 rings (SSSR count). The van der Waals surface area contributed by atoms with E-state index in [9.17, 15) is 18.0 Å². The van der Waals surface area contributed by atoms with Crippen molar-refractivity contribution in [1.82, 2.24) is 35.0 Å². The molecule has 0 saturated heterocycles. The molecule has 3 aromatic carbocycles. The minimum absolute atomic E-state index is 0.0707. The topological polar surface area (TPSA) is 80.9 Å². The van der Waals surface area contributed by atoms with Crippen molar-refractivity contribution < 1.29 is 18.0 Å². The summed E-state index contributed by atoms with van der Waals surface area (Å²) in [6.07, 6.45) is -1.69. The van der Waals surface area contributed by atoms with Gasteiger partial charge in [0.15, 0.2) is 0 Å². The predicted octanol–water partition coefficient (Wildman–Crippen LogP) is 5.94. The fourth-order valence-corrected chi connectivity index (χ4v) is 4.64. The first-order valence-electron chi connectivity index (χ1n) is 13.9. The molecule has 5 aromatic rings. The number of nitrogens with one attached hydrogen (secondary N) is 1. The summed E-state index contributed by atoms with van der Waals surface area (Å²) in [5.41, 5.74) is 5.82. The number of halogens is 3. The Balaban J connectivity index is 1.43. The minimum atomic E-state index is -4.38. The number of carbonyl (C=O) groups excluding carboxylic acids is 1. The van der Waals surface area contributed by atoms with Crippen molar-refractivity contribution in [2.24, 2.45) is 0 Å². The molecule has 2 heterocycles. The van der Waals surface area contributed by atoms with E-state index in [1.165, 1.54) is 12.1 Å². The molecule has 0 fully saturated rings. The maximum absolute atomic E-state index is 13.0. The van der Waals surface area contributed by atoms with E-state index >= 15 is 0 Å². The summed E-state index contributed by atoms with van der Waals surface area (Å²) in [6, 6.07) is 22.5. The third kappa shape index (κ3) is 7.00.